The standard InChI is InChI=1S/C23H26O5.C2H6.CH4O/c1-10(2)14-8-22(6,12(4)24)11(3)16-17(14)23(7)13(5)28-21(26)15-9-27-20(18(15)23)19(16)25;2*1-2/h9,11,13-14H,1,8H2,2-7H3;1-2H3;2H,1H3/t11?,13-,14+,22+,23-;;/m1../s1. The smallest absolute Gasteiger partial charge is 0.342 e. The summed E-state index contributed by atoms with van der Waals surface area (Å²) in [5.41, 5.74) is 2.05. The lowest BCUT2D eigenvalue weighted by molar-refractivity contribution is -0.128. The number of cyclic esters (lactones) is 1. The Kier molecular flexibility index (Phi) is 7.10. The lowest BCUT2D eigenvalue weighted by atomic mass is 9.50. The average Bonchev–Trinajstić information content (AvgIpc) is 3.22. The highest BCUT2D eigenvalue weighted by atomic mass is 16.5. The number of carbonyl (C=O) groups is 3. The maximum atomic E-state index is 13.5. The van der Waals surface area contributed by atoms with Crippen LogP contribution in [0.4, 0.5) is 0 Å². The highest BCUT2D eigenvalue weighted by Crippen LogP contribution is 2.60. The zero-order valence-corrected chi connectivity index (χ0v) is 20.7. The van der Waals surface area contributed by atoms with E-state index in [1.165, 1.54) is 6.26 Å². The molecule has 5 atom stereocenters. The molecule has 6 nitrogen and oxygen atoms in total. The summed E-state index contributed by atoms with van der Waals surface area (Å²) in [6.45, 7) is 19.5. The van der Waals surface area contributed by atoms with Crippen LogP contribution in [-0.4, -0.2) is 35.9 Å². The van der Waals surface area contributed by atoms with E-state index in [9.17, 15) is 14.4 Å². The second kappa shape index (κ2) is 8.81. The summed E-state index contributed by atoms with van der Waals surface area (Å²) in [6, 6.07) is 0. The number of furan rings is 1. The van der Waals surface area contributed by atoms with Crippen LogP contribution in [0.3, 0.4) is 0 Å². The molecule has 3 aliphatic rings. The lowest BCUT2D eigenvalue weighted by Crippen LogP contribution is -2.54. The molecule has 1 aliphatic heterocycles. The molecule has 176 valence electrons. The van der Waals surface area contributed by atoms with Crippen molar-refractivity contribution in [3.05, 3.63) is 46.4 Å². The van der Waals surface area contributed by atoms with Crippen LogP contribution in [-0.2, 0) is 14.9 Å². The number of ether oxygens (including phenoxy) is 1. The predicted molar refractivity (Wildman–Crippen MR) is 123 cm³/mol. The Labute approximate surface area is 190 Å². The molecule has 1 aromatic heterocycles. The third kappa shape index (κ3) is 3.22. The van der Waals surface area contributed by atoms with E-state index >= 15 is 0 Å². The second-order valence-corrected chi connectivity index (χ2v) is 9.06. The van der Waals surface area contributed by atoms with Crippen molar-refractivity contribution in [2.75, 3.05) is 7.11 Å². The molecule has 2 aliphatic carbocycles. The van der Waals surface area contributed by atoms with Gasteiger partial charge in [-0.2, -0.15) is 0 Å². The summed E-state index contributed by atoms with van der Waals surface area (Å²) in [6.07, 6.45) is 1.46. The number of esters is 1. The number of rotatable bonds is 2. The third-order valence-electron chi connectivity index (χ3n) is 7.69. The number of Topliss-reactive ketones (excluding diaryl/α,β-unsaturated/α-hetero) is 2. The fourth-order valence-electron chi connectivity index (χ4n) is 5.48. The minimum absolute atomic E-state index is 0.0600. The molecular formula is C26H36O6. The van der Waals surface area contributed by atoms with Crippen molar-refractivity contribution < 1.29 is 28.6 Å². The fourth-order valence-corrected chi connectivity index (χ4v) is 5.48. The Morgan fingerprint density at radius 2 is 1.72 bits per heavy atom. The molecule has 0 aromatic carbocycles. The number of fused-ring (bicyclic) bond motifs is 1. The highest BCUT2D eigenvalue weighted by Gasteiger charge is 2.60. The van der Waals surface area contributed by atoms with Gasteiger partial charge < -0.3 is 14.3 Å². The van der Waals surface area contributed by atoms with Crippen LogP contribution in [0, 0.1) is 17.3 Å². The van der Waals surface area contributed by atoms with E-state index < -0.39 is 22.9 Å². The summed E-state index contributed by atoms with van der Waals surface area (Å²) in [5.74, 6) is -0.835. The van der Waals surface area contributed by atoms with Crippen molar-refractivity contribution >= 4 is 17.5 Å². The van der Waals surface area contributed by atoms with Gasteiger partial charge in [-0.15, -0.1) is 0 Å². The largest absolute Gasteiger partial charge is 0.460 e. The number of aliphatic hydroxyl groups excluding tert-OH is 1. The van der Waals surface area contributed by atoms with Gasteiger partial charge >= 0.3 is 5.97 Å². The maximum Gasteiger partial charge on any atom is 0.342 e. The molecule has 0 saturated heterocycles. The summed E-state index contributed by atoms with van der Waals surface area (Å²) in [4.78, 5) is 38.6. The molecule has 0 fully saturated rings. The van der Waals surface area contributed by atoms with Crippen LogP contribution < -0.4 is 0 Å². The summed E-state index contributed by atoms with van der Waals surface area (Å²) < 4.78 is 11.3. The minimum Gasteiger partial charge on any atom is -0.460 e. The van der Waals surface area contributed by atoms with Crippen LogP contribution in [0.2, 0.25) is 0 Å². The Morgan fingerprint density at radius 3 is 2.22 bits per heavy atom. The van der Waals surface area contributed by atoms with Crippen molar-refractivity contribution in [3.8, 4) is 0 Å². The highest BCUT2D eigenvalue weighted by molar-refractivity contribution is 6.14. The number of aliphatic hydroxyl groups is 1. The van der Waals surface area contributed by atoms with E-state index in [0.29, 0.717) is 23.1 Å². The average molecular weight is 445 g/mol. The topological polar surface area (TPSA) is 93.8 Å². The van der Waals surface area contributed by atoms with Crippen molar-refractivity contribution in [3.63, 3.8) is 0 Å². The van der Waals surface area contributed by atoms with E-state index in [0.717, 1.165) is 18.3 Å². The Hall–Kier alpha value is -2.47. The molecule has 6 heteroatoms. The molecule has 1 unspecified atom stereocenters. The Bertz CT molecular complexity index is 996. The first-order valence-electron chi connectivity index (χ1n) is 11.2. The molecule has 0 bridgehead atoms. The monoisotopic (exact) mass is 444 g/mol. The van der Waals surface area contributed by atoms with Gasteiger partial charge in [-0.1, -0.05) is 39.8 Å². The predicted octanol–water partition coefficient (Wildman–Crippen LogP) is 5.05. The van der Waals surface area contributed by atoms with Gasteiger partial charge in [-0.3, -0.25) is 9.59 Å². The van der Waals surface area contributed by atoms with Gasteiger partial charge in [0, 0.05) is 29.6 Å². The lowest BCUT2D eigenvalue weighted by Gasteiger charge is -2.53. The number of ketones is 2. The van der Waals surface area contributed by atoms with Gasteiger partial charge in [0.15, 0.2) is 5.76 Å². The normalized spacial score (nSPS) is 32.4. The van der Waals surface area contributed by atoms with Crippen LogP contribution >= 0.6 is 0 Å². The summed E-state index contributed by atoms with van der Waals surface area (Å²) >= 11 is 0. The molecule has 0 radical (unpaired) electrons. The van der Waals surface area contributed by atoms with Gasteiger partial charge in [0.2, 0.25) is 5.78 Å². The molecular weight excluding hydrogens is 408 g/mol. The summed E-state index contributed by atoms with van der Waals surface area (Å²) in [5, 5.41) is 7.00. The fraction of sp³-hybridized carbons (Fsp3) is 0.577. The van der Waals surface area contributed by atoms with Gasteiger partial charge in [0.25, 0.3) is 0 Å². The number of hydrogen-bond acceptors (Lipinski definition) is 6. The zero-order chi connectivity index (χ0) is 24.8. The zero-order valence-electron chi connectivity index (χ0n) is 20.7. The maximum absolute atomic E-state index is 13.5. The van der Waals surface area contributed by atoms with E-state index in [1.54, 1.807) is 6.92 Å². The number of hydrogen-bond donors (Lipinski definition) is 1. The molecule has 0 spiro atoms. The Balaban J connectivity index is 0.000000860. The van der Waals surface area contributed by atoms with E-state index in [2.05, 4.69) is 6.58 Å². The molecule has 1 aromatic rings. The SMILES string of the molecule is C=C(C)[C@@H]1C[C@](C)(C(C)=O)C(C)C2=C1[C@]1(C)c3c(coc3C2=O)C(=O)O[C@@H]1C.CC.CO. The molecule has 0 amide bonds. The first-order chi connectivity index (χ1) is 15.0. The van der Waals surface area contributed by atoms with Crippen molar-refractivity contribution in [2.24, 2.45) is 17.3 Å². The second-order valence-electron chi connectivity index (χ2n) is 9.06. The van der Waals surface area contributed by atoms with E-state index in [4.69, 9.17) is 14.3 Å². The Morgan fingerprint density at radius 1 is 1.16 bits per heavy atom. The van der Waals surface area contributed by atoms with Crippen LogP contribution in [0.1, 0.15) is 88.3 Å². The van der Waals surface area contributed by atoms with Crippen LogP contribution in [0.25, 0.3) is 0 Å². The molecule has 2 heterocycles. The third-order valence-corrected chi connectivity index (χ3v) is 7.69. The van der Waals surface area contributed by atoms with Gasteiger partial charge in [-0.25, -0.2) is 4.79 Å². The van der Waals surface area contributed by atoms with E-state index in [-0.39, 0.29) is 29.2 Å². The first kappa shape index (κ1) is 25.8. The van der Waals surface area contributed by atoms with Crippen LogP contribution in [0.5, 0.6) is 0 Å². The molecule has 32 heavy (non-hydrogen) atoms. The quantitative estimate of drug-likeness (QED) is 0.507. The first-order valence-corrected chi connectivity index (χ1v) is 11.2. The number of carbonyl (C=O) groups excluding carboxylic acids is 3. The van der Waals surface area contributed by atoms with E-state index in [1.807, 2.05) is 48.5 Å². The van der Waals surface area contributed by atoms with Gasteiger partial charge in [-0.05, 0) is 45.6 Å². The van der Waals surface area contributed by atoms with Crippen molar-refractivity contribution in [2.45, 2.75) is 73.3 Å². The molecule has 4 rings (SSSR count). The molecule has 0 saturated carbocycles. The number of allylic oxidation sites excluding steroid dienone is 2. The minimum atomic E-state index is -0.690. The van der Waals surface area contributed by atoms with Gasteiger partial charge in [0.05, 0.1) is 5.41 Å². The molecule has 1 N–H and O–H groups in total. The van der Waals surface area contributed by atoms with Gasteiger partial charge in [0.1, 0.15) is 23.7 Å². The van der Waals surface area contributed by atoms with Crippen LogP contribution in [0.15, 0.2) is 34.0 Å². The summed E-state index contributed by atoms with van der Waals surface area (Å²) in [7, 11) is 1.00. The van der Waals surface area contributed by atoms with Crippen molar-refractivity contribution in [1.82, 2.24) is 0 Å². The van der Waals surface area contributed by atoms with Crippen molar-refractivity contribution in [1.29, 1.82) is 0 Å².